The molecule has 0 aromatic heterocycles. The van der Waals surface area contributed by atoms with Crippen LogP contribution in [0, 0.1) is 0 Å². The zero-order chi connectivity index (χ0) is 17.1. The summed E-state index contributed by atoms with van der Waals surface area (Å²) in [5, 5.41) is 11.8. The number of nitrogens with one attached hydrogen (secondary N) is 1. The van der Waals surface area contributed by atoms with Crippen LogP contribution < -0.4 is 10.2 Å². The third kappa shape index (κ3) is 3.33. The zero-order valence-electron chi connectivity index (χ0n) is 13.1. The van der Waals surface area contributed by atoms with Crippen LogP contribution in [-0.2, 0) is 14.3 Å². The second kappa shape index (κ2) is 6.88. The molecule has 2 N–H and O–H groups in total. The van der Waals surface area contributed by atoms with E-state index in [-0.39, 0.29) is 18.4 Å². The van der Waals surface area contributed by atoms with Crippen LogP contribution in [0.2, 0.25) is 0 Å². The molecule has 1 aromatic rings. The topological polar surface area (TPSA) is 99.2 Å². The molecule has 3 rings (SSSR count). The number of likely N-dealkylation sites (tertiary alicyclic amines) is 1. The summed E-state index contributed by atoms with van der Waals surface area (Å²) < 4.78 is 5.10. The van der Waals surface area contributed by atoms with Crippen LogP contribution >= 0.6 is 0 Å². The molecule has 2 saturated heterocycles. The molecular formula is C16H19N3O5. The number of carbonyl (C=O) groups excluding carboxylic acids is 2. The van der Waals surface area contributed by atoms with Crippen molar-refractivity contribution in [3.8, 4) is 0 Å². The van der Waals surface area contributed by atoms with Gasteiger partial charge in [-0.15, -0.1) is 0 Å². The maximum atomic E-state index is 12.3. The van der Waals surface area contributed by atoms with Gasteiger partial charge in [0.2, 0.25) is 5.91 Å². The Kier molecular flexibility index (Phi) is 4.66. The number of anilines is 2. The van der Waals surface area contributed by atoms with Gasteiger partial charge in [0.05, 0.1) is 6.61 Å². The largest absolute Gasteiger partial charge is 0.465 e. The van der Waals surface area contributed by atoms with Gasteiger partial charge in [-0.25, -0.2) is 4.79 Å². The highest BCUT2D eigenvalue weighted by Gasteiger charge is 2.34. The minimum atomic E-state index is -1.08. The zero-order valence-corrected chi connectivity index (χ0v) is 13.1. The van der Waals surface area contributed by atoms with Crippen molar-refractivity contribution in [2.75, 3.05) is 36.5 Å². The van der Waals surface area contributed by atoms with Gasteiger partial charge in [-0.05, 0) is 37.1 Å². The van der Waals surface area contributed by atoms with Crippen LogP contribution in [0.4, 0.5) is 16.2 Å². The van der Waals surface area contributed by atoms with Crippen molar-refractivity contribution in [2.45, 2.75) is 18.9 Å². The lowest BCUT2D eigenvalue weighted by atomic mass is 10.2. The summed E-state index contributed by atoms with van der Waals surface area (Å²) in [6.07, 6.45) is 0.134. The highest BCUT2D eigenvalue weighted by molar-refractivity contribution is 5.98. The maximum absolute atomic E-state index is 12.3. The molecule has 24 heavy (non-hydrogen) atoms. The van der Waals surface area contributed by atoms with Gasteiger partial charge in [-0.2, -0.15) is 0 Å². The Morgan fingerprint density at radius 3 is 2.62 bits per heavy atom. The van der Waals surface area contributed by atoms with Crippen LogP contribution in [0.1, 0.15) is 12.8 Å². The third-order valence-electron chi connectivity index (χ3n) is 4.23. The number of hydrogen-bond donors (Lipinski definition) is 2. The van der Waals surface area contributed by atoms with Crippen LogP contribution in [-0.4, -0.2) is 60.3 Å². The van der Waals surface area contributed by atoms with Gasteiger partial charge in [0.1, 0.15) is 12.6 Å². The van der Waals surface area contributed by atoms with Gasteiger partial charge in [-0.1, -0.05) is 0 Å². The molecule has 0 bridgehead atoms. The number of morpholine rings is 1. The molecule has 2 aliphatic heterocycles. The Balaban J connectivity index is 1.64. The molecule has 3 amide bonds. The molecule has 2 fully saturated rings. The monoisotopic (exact) mass is 333 g/mol. The van der Waals surface area contributed by atoms with Crippen LogP contribution in [0.3, 0.4) is 0 Å². The Labute approximate surface area is 139 Å². The molecule has 1 aromatic carbocycles. The Morgan fingerprint density at radius 2 is 1.96 bits per heavy atom. The SMILES string of the molecule is O=C(Nc1ccc(N2CCOCC2=O)cc1)C1CCCN1C(=O)O. The summed E-state index contributed by atoms with van der Waals surface area (Å²) in [7, 11) is 0. The van der Waals surface area contributed by atoms with Gasteiger partial charge < -0.3 is 20.1 Å². The highest BCUT2D eigenvalue weighted by Crippen LogP contribution is 2.22. The Bertz CT molecular complexity index is 646. The van der Waals surface area contributed by atoms with E-state index in [0.717, 1.165) is 10.6 Å². The molecule has 8 nitrogen and oxygen atoms in total. The van der Waals surface area contributed by atoms with Crippen LogP contribution in [0.5, 0.6) is 0 Å². The molecule has 2 heterocycles. The predicted molar refractivity (Wildman–Crippen MR) is 86.0 cm³/mol. The van der Waals surface area contributed by atoms with E-state index in [9.17, 15) is 14.4 Å². The second-order valence-electron chi connectivity index (χ2n) is 5.77. The van der Waals surface area contributed by atoms with E-state index in [0.29, 0.717) is 38.2 Å². The van der Waals surface area contributed by atoms with E-state index < -0.39 is 12.1 Å². The summed E-state index contributed by atoms with van der Waals surface area (Å²) in [5.74, 6) is -0.425. The highest BCUT2D eigenvalue weighted by atomic mass is 16.5. The van der Waals surface area contributed by atoms with E-state index >= 15 is 0 Å². The van der Waals surface area contributed by atoms with Crippen molar-refractivity contribution >= 4 is 29.3 Å². The molecule has 128 valence electrons. The molecule has 0 spiro atoms. The van der Waals surface area contributed by atoms with Crippen molar-refractivity contribution in [3.05, 3.63) is 24.3 Å². The van der Waals surface area contributed by atoms with E-state index in [4.69, 9.17) is 9.84 Å². The number of benzene rings is 1. The van der Waals surface area contributed by atoms with Crippen molar-refractivity contribution in [3.63, 3.8) is 0 Å². The standard InChI is InChI=1S/C16H19N3O5/c20-14-10-24-9-8-18(14)12-5-3-11(4-6-12)17-15(21)13-2-1-7-19(13)16(22)23/h3-6,13H,1-2,7-10H2,(H,17,21)(H,22,23). The van der Waals surface area contributed by atoms with E-state index in [1.807, 2.05) is 0 Å². The Morgan fingerprint density at radius 1 is 1.21 bits per heavy atom. The lowest BCUT2D eigenvalue weighted by Gasteiger charge is -2.27. The molecule has 8 heteroatoms. The van der Waals surface area contributed by atoms with Gasteiger partial charge >= 0.3 is 6.09 Å². The van der Waals surface area contributed by atoms with E-state index in [1.54, 1.807) is 29.2 Å². The Hall–Kier alpha value is -2.61. The quantitative estimate of drug-likeness (QED) is 0.864. The lowest BCUT2D eigenvalue weighted by molar-refractivity contribution is -0.125. The summed E-state index contributed by atoms with van der Waals surface area (Å²) in [4.78, 5) is 38.0. The number of ether oxygens (including phenoxy) is 1. The molecular weight excluding hydrogens is 314 g/mol. The summed E-state index contributed by atoms with van der Waals surface area (Å²) in [6, 6.07) is 6.26. The third-order valence-corrected chi connectivity index (χ3v) is 4.23. The summed E-state index contributed by atoms with van der Waals surface area (Å²) in [5.41, 5.74) is 1.32. The number of amides is 3. The van der Waals surface area contributed by atoms with Crippen LogP contribution in [0.15, 0.2) is 24.3 Å². The fourth-order valence-corrected chi connectivity index (χ4v) is 3.01. The summed E-state index contributed by atoms with van der Waals surface area (Å²) in [6.45, 7) is 1.45. The average molecular weight is 333 g/mol. The molecule has 0 radical (unpaired) electrons. The van der Waals surface area contributed by atoms with Crippen molar-refractivity contribution in [1.82, 2.24) is 4.90 Å². The first kappa shape index (κ1) is 16.3. The number of carboxylic acid groups (broad SMARTS) is 1. The van der Waals surface area contributed by atoms with Gasteiger partial charge in [0.15, 0.2) is 0 Å². The first-order valence-corrected chi connectivity index (χ1v) is 7.85. The van der Waals surface area contributed by atoms with E-state index in [2.05, 4.69) is 5.32 Å². The molecule has 0 aliphatic carbocycles. The number of carbonyl (C=O) groups is 3. The van der Waals surface area contributed by atoms with E-state index in [1.165, 1.54) is 0 Å². The predicted octanol–water partition coefficient (Wildman–Crippen LogP) is 1.13. The fourth-order valence-electron chi connectivity index (χ4n) is 3.01. The summed E-state index contributed by atoms with van der Waals surface area (Å²) >= 11 is 0. The maximum Gasteiger partial charge on any atom is 0.407 e. The van der Waals surface area contributed by atoms with Gasteiger partial charge in [0.25, 0.3) is 5.91 Å². The number of rotatable bonds is 3. The van der Waals surface area contributed by atoms with Crippen molar-refractivity contribution < 1.29 is 24.2 Å². The second-order valence-corrected chi connectivity index (χ2v) is 5.77. The lowest BCUT2D eigenvalue weighted by Crippen LogP contribution is -2.42. The fraction of sp³-hybridized carbons (Fsp3) is 0.438. The minimum absolute atomic E-state index is 0.0746. The minimum Gasteiger partial charge on any atom is -0.465 e. The molecule has 1 atom stereocenters. The van der Waals surface area contributed by atoms with Crippen molar-refractivity contribution in [2.24, 2.45) is 0 Å². The van der Waals surface area contributed by atoms with Gasteiger partial charge in [-0.3, -0.25) is 14.5 Å². The van der Waals surface area contributed by atoms with Gasteiger partial charge in [0, 0.05) is 24.5 Å². The first-order chi connectivity index (χ1) is 11.6. The molecule has 2 aliphatic rings. The smallest absolute Gasteiger partial charge is 0.407 e. The number of hydrogen-bond acceptors (Lipinski definition) is 4. The average Bonchev–Trinajstić information content (AvgIpc) is 3.06. The van der Waals surface area contributed by atoms with Crippen LogP contribution in [0.25, 0.3) is 0 Å². The first-order valence-electron chi connectivity index (χ1n) is 7.85. The van der Waals surface area contributed by atoms with Crippen molar-refractivity contribution in [1.29, 1.82) is 0 Å². The molecule has 0 saturated carbocycles. The molecule has 1 unspecified atom stereocenters. The number of nitrogens with zero attached hydrogens (tertiary/aromatic N) is 2. The normalized spacial score (nSPS) is 21.0.